The average Bonchev–Trinajstić information content (AvgIpc) is 2.40. The fraction of sp³-hybridized carbons (Fsp3) is 0.429. The second kappa shape index (κ2) is 8.26. The van der Waals surface area contributed by atoms with Crippen LogP contribution in [0.4, 0.5) is 0 Å². The molecule has 0 saturated heterocycles. The monoisotopic (exact) mass is 265 g/mol. The van der Waals surface area contributed by atoms with E-state index >= 15 is 0 Å². The Kier molecular flexibility index (Phi) is 6.60. The Hall–Kier alpha value is -1.88. The highest BCUT2D eigenvalue weighted by Gasteiger charge is 2.16. The molecule has 5 nitrogen and oxygen atoms in total. The van der Waals surface area contributed by atoms with Crippen molar-refractivity contribution in [1.29, 1.82) is 0 Å². The molecule has 1 aromatic rings. The highest BCUT2D eigenvalue weighted by atomic mass is 16.5. The summed E-state index contributed by atoms with van der Waals surface area (Å²) in [6.07, 6.45) is 0.963. The lowest BCUT2D eigenvalue weighted by atomic mass is 10.1. The van der Waals surface area contributed by atoms with Gasteiger partial charge in [-0.15, -0.1) is 0 Å². The number of carbonyl (C=O) groups is 2. The van der Waals surface area contributed by atoms with Gasteiger partial charge in [0.1, 0.15) is 0 Å². The molecule has 0 fully saturated rings. The number of methoxy groups -OCH3 is 1. The summed E-state index contributed by atoms with van der Waals surface area (Å²) in [5.74, 6) is -1.23. The summed E-state index contributed by atoms with van der Waals surface area (Å²) in [7, 11) is 1.31. The summed E-state index contributed by atoms with van der Waals surface area (Å²) in [6.45, 7) is -0.00396. The van der Waals surface area contributed by atoms with Crippen molar-refractivity contribution in [2.75, 3.05) is 13.7 Å². The van der Waals surface area contributed by atoms with Crippen LogP contribution in [0, 0.1) is 0 Å². The normalized spacial score (nSPS) is 11.8. The van der Waals surface area contributed by atoms with Crippen molar-refractivity contribution in [3.8, 4) is 0 Å². The van der Waals surface area contributed by atoms with Crippen molar-refractivity contribution in [3.05, 3.63) is 35.9 Å². The van der Waals surface area contributed by atoms with Gasteiger partial charge in [0.2, 0.25) is 5.91 Å². The molecular formula is C14H19NO4. The molecular weight excluding hydrogens is 246 g/mol. The van der Waals surface area contributed by atoms with Gasteiger partial charge < -0.3 is 15.2 Å². The number of nitrogens with one attached hydrogen (secondary N) is 1. The summed E-state index contributed by atoms with van der Waals surface area (Å²) in [5.41, 5.74) is 1.19. The predicted molar refractivity (Wildman–Crippen MR) is 70.8 cm³/mol. The number of ether oxygens (including phenoxy) is 1. The molecule has 1 rings (SSSR count). The van der Waals surface area contributed by atoms with Crippen LogP contribution in [0.1, 0.15) is 18.4 Å². The molecule has 19 heavy (non-hydrogen) atoms. The lowest BCUT2D eigenvalue weighted by Gasteiger charge is -2.11. The van der Waals surface area contributed by atoms with Crippen molar-refractivity contribution < 1.29 is 19.4 Å². The van der Waals surface area contributed by atoms with Crippen LogP contribution in [0.3, 0.4) is 0 Å². The summed E-state index contributed by atoms with van der Waals surface area (Å²) >= 11 is 0. The van der Waals surface area contributed by atoms with Crippen molar-refractivity contribution >= 4 is 11.9 Å². The smallest absolute Gasteiger partial charge is 0.334 e. The van der Waals surface area contributed by atoms with Gasteiger partial charge in [-0.05, 0) is 18.4 Å². The molecule has 5 heteroatoms. The molecule has 0 aliphatic rings. The van der Waals surface area contributed by atoms with E-state index in [0.717, 1.165) is 12.8 Å². The zero-order valence-corrected chi connectivity index (χ0v) is 11.0. The van der Waals surface area contributed by atoms with Crippen molar-refractivity contribution in [2.24, 2.45) is 0 Å². The van der Waals surface area contributed by atoms with Crippen LogP contribution >= 0.6 is 0 Å². The molecule has 0 aliphatic carbocycles. The number of hydrogen-bond donors (Lipinski definition) is 2. The minimum absolute atomic E-state index is 0.00396. The van der Waals surface area contributed by atoms with Crippen LogP contribution in [-0.2, 0) is 20.7 Å². The highest BCUT2D eigenvalue weighted by molar-refractivity contribution is 5.78. The quantitative estimate of drug-likeness (QED) is 0.741. The molecule has 104 valence electrons. The van der Waals surface area contributed by atoms with Gasteiger partial charge in [0.15, 0.2) is 6.10 Å². The molecule has 1 atom stereocenters. The number of hydrogen-bond acceptors (Lipinski definition) is 3. The lowest BCUT2D eigenvalue weighted by Crippen LogP contribution is -2.37. The summed E-state index contributed by atoms with van der Waals surface area (Å²) < 4.78 is 4.72. The van der Waals surface area contributed by atoms with E-state index < -0.39 is 12.1 Å². The SMILES string of the molecule is COC(CNC(=O)CCCc1ccccc1)C(=O)O. The maximum Gasteiger partial charge on any atom is 0.334 e. The Bertz CT molecular complexity index is 405. The average molecular weight is 265 g/mol. The van der Waals surface area contributed by atoms with Gasteiger partial charge in [-0.1, -0.05) is 30.3 Å². The molecule has 0 saturated carbocycles. The Balaban J connectivity index is 2.19. The largest absolute Gasteiger partial charge is 0.479 e. The topological polar surface area (TPSA) is 75.6 Å². The minimum Gasteiger partial charge on any atom is -0.479 e. The van der Waals surface area contributed by atoms with Gasteiger partial charge in [-0.3, -0.25) is 4.79 Å². The maximum atomic E-state index is 11.5. The van der Waals surface area contributed by atoms with Gasteiger partial charge in [-0.2, -0.15) is 0 Å². The van der Waals surface area contributed by atoms with Gasteiger partial charge in [0.05, 0.1) is 6.54 Å². The van der Waals surface area contributed by atoms with E-state index in [2.05, 4.69) is 5.32 Å². The first-order valence-electron chi connectivity index (χ1n) is 6.19. The fourth-order valence-corrected chi connectivity index (χ4v) is 1.66. The van der Waals surface area contributed by atoms with Gasteiger partial charge in [0.25, 0.3) is 0 Å². The number of aryl methyl sites for hydroxylation is 1. The number of benzene rings is 1. The summed E-state index contributed by atoms with van der Waals surface area (Å²) in [4.78, 5) is 22.2. The lowest BCUT2D eigenvalue weighted by molar-refractivity contribution is -0.148. The van der Waals surface area contributed by atoms with Gasteiger partial charge >= 0.3 is 5.97 Å². The van der Waals surface area contributed by atoms with Crippen molar-refractivity contribution in [3.63, 3.8) is 0 Å². The molecule has 0 aromatic heterocycles. The second-order valence-corrected chi connectivity index (χ2v) is 4.21. The number of amides is 1. The van der Waals surface area contributed by atoms with E-state index in [-0.39, 0.29) is 12.5 Å². The third-order valence-electron chi connectivity index (χ3n) is 2.76. The molecule has 2 N–H and O–H groups in total. The van der Waals surface area contributed by atoms with Crippen LogP contribution < -0.4 is 5.32 Å². The van der Waals surface area contributed by atoms with Crippen LogP contribution in [0.2, 0.25) is 0 Å². The minimum atomic E-state index is -1.08. The molecule has 0 heterocycles. The first kappa shape index (κ1) is 15.2. The highest BCUT2D eigenvalue weighted by Crippen LogP contribution is 2.04. The molecule has 1 amide bonds. The first-order chi connectivity index (χ1) is 9.13. The Morgan fingerprint density at radius 3 is 2.58 bits per heavy atom. The number of carbonyl (C=O) groups excluding carboxylic acids is 1. The maximum absolute atomic E-state index is 11.5. The Morgan fingerprint density at radius 2 is 2.00 bits per heavy atom. The fourth-order valence-electron chi connectivity index (χ4n) is 1.66. The zero-order chi connectivity index (χ0) is 14.1. The molecule has 0 bridgehead atoms. The van der Waals surface area contributed by atoms with E-state index in [4.69, 9.17) is 9.84 Å². The number of aliphatic carboxylic acids is 1. The second-order valence-electron chi connectivity index (χ2n) is 4.21. The van der Waals surface area contributed by atoms with E-state index in [1.54, 1.807) is 0 Å². The Labute approximate surface area is 112 Å². The predicted octanol–water partition coefficient (Wildman–Crippen LogP) is 1.23. The van der Waals surface area contributed by atoms with E-state index in [1.165, 1.54) is 12.7 Å². The molecule has 0 spiro atoms. The third-order valence-corrected chi connectivity index (χ3v) is 2.76. The van der Waals surface area contributed by atoms with Crippen molar-refractivity contribution in [1.82, 2.24) is 5.32 Å². The van der Waals surface area contributed by atoms with Gasteiger partial charge in [0, 0.05) is 13.5 Å². The van der Waals surface area contributed by atoms with Crippen LogP contribution in [0.5, 0.6) is 0 Å². The van der Waals surface area contributed by atoms with Crippen LogP contribution in [0.15, 0.2) is 30.3 Å². The standard InChI is InChI=1S/C14H19NO4/c1-19-12(14(17)18)10-15-13(16)9-5-8-11-6-3-2-4-7-11/h2-4,6-7,12H,5,8-10H2,1H3,(H,15,16)(H,17,18). The third kappa shape index (κ3) is 6.01. The van der Waals surface area contributed by atoms with Crippen molar-refractivity contribution in [2.45, 2.75) is 25.4 Å². The molecule has 1 unspecified atom stereocenters. The first-order valence-corrected chi connectivity index (χ1v) is 6.19. The molecule has 0 aliphatic heterocycles. The van der Waals surface area contributed by atoms with Crippen LogP contribution in [-0.4, -0.2) is 36.7 Å². The van der Waals surface area contributed by atoms with Gasteiger partial charge in [-0.25, -0.2) is 4.79 Å². The Morgan fingerprint density at radius 1 is 1.32 bits per heavy atom. The van der Waals surface area contributed by atoms with E-state index in [1.807, 2.05) is 30.3 Å². The van der Waals surface area contributed by atoms with E-state index in [9.17, 15) is 9.59 Å². The molecule has 0 radical (unpaired) electrons. The number of carboxylic acid groups (broad SMARTS) is 1. The number of rotatable bonds is 8. The zero-order valence-electron chi connectivity index (χ0n) is 11.0. The summed E-state index contributed by atoms with van der Waals surface area (Å²) in [5, 5.41) is 11.3. The molecule has 1 aromatic carbocycles. The number of carboxylic acids is 1. The van der Waals surface area contributed by atoms with Crippen LogP contribution in [0.25, 0.3) is 0 Å². The van der Waals surface area contributed by atoms with E-state index in [0.29, 0.717) is 6.42 Å². The summed E-state index contributed by atoms with van der Waals surface area (Å²) in [6, 6.07) is 9.91.